The Kier molecular flexibility index (Phi) is 5.61. The lowest BCUT2D eigenvalue weighted by molar-refractivity contribution is 0.356. The van der Waals surface area contributed by atoms with Crippen LogP contribution in [0.25, 0.3) is 0 Å². The lowest BCUT2D eigenvalue weighted by Gasteiger charge is -2.26. The van der Waals surface area contributed by atoms with Crippen molar-refractivity contribution in [1.82, 2.24) is 5.09 Å². The van der Waals surface area contributed by atoms with Gasteiger partial charge in [-0.15, -0.1) is 0 Å². The second-order valence-corrected chi connectivity index (χ2v) is 4.92. The van der Waals surface area contributed by atoms with Crippen LogP contribution in [-0.2, 0) is 4.52 Å². The number of rotatable bonds is 5. The van der Waals surface area contributed by atoms with Gasteiger partial charge in [0, 0.05) is 12.6 Å². The van der Waals surface area contributed by atoms with Crippen LogP contribution >= 0.6 is 8.30 Å². The minimum atomic E-state index is -0.568. The molecule has 1 fully saturated rings. The molecular weight excluding hydrogens is 181 g/mol. The topological polar surface area (TPSA) is 21.3 Å². The van der Waals surface area contributed by atoms with Crippen LogP contribution in [0.15, 0.2) is 12.4 Å². The van der Waals surface area contributed by atoms with Gasteiger partial charge in [-0.3, -0.25) is 5.09 Å². The smallest absolute Gasteiger partial charge is 0.126 e. The average Bonchev–Trinajstić information content (AvgIpc) is 2.19. The van der Waals surface area contributed by atoms with Gasteiger partial charge in [0.15, 0.2) is 0 Å². The fraction of sp³-hybridized carbons (Fsp3) is 0.800. The molecule has 0 aromatic rings. The summed E-state index contributed by atoms with van der Waals surface area (Å²) in [5, 5.41) is 3.53. The highest BCUT2D eigenvalue weighted by molar-refractivity contribution is 7.53. The SMILES string of the molecule is C=CP(NC1CCCCC1)OCC. The zero-order valence-electron chi connectivity index (χ0n) is 8.46. The van der Waals surface area contributed by atoms with Gasteiger partial charge >= 0.3 is 0 Å². The Morgan fingerprint density at radius 3 is 2.69 bits per heavy atom. The van der Waals surface area contributed by atoms with Crippen LogP contribution in [0.4, 0.5) is 0 Å². The maximum atomic E-state index is 5.53. The number of hydrogen-bond donors (Lipinski definition) is 1. The first-order valence-electron chi connectivity index (χ1n) is 5.17. The summed E-state index contributed by atoms with van der Waals surface area (Å²) in [6, 6.07) is 0.671. The van der Waals surface area contributed by atoms with Crippen LogP contribution < -0.4 is 5.09 Å². The molecule has 1 saturated carbocycles. The molecule has 2 nitrogen and oxygen atoms in total. The molecule has 0 saturated heterocycles. The van der Waals surface area contributed by atoms with Gasteiger partial charge < -0.3 is 4.52 Å². The molecule has 76 valence electrons. The zero-order chi connectivity index (χ0) is 9.52. The standard InChI is InChI=1S/C10H20NOP/c1-3-12-13(4-2)11-10-8-6-5-7-9-10/h4,10-11H,2-3,5-9H2,1H3. The van der Waals surface area contributed by atoms with Crippen LogP contribution in [-0.4, -0.2) is 12.6 Å². The molecule has 1 aliphatic rings. The minimum absolute atomic E-state index is 0.568. The van der Waals surface area contributed by atoms with Crippen molar-refractivity contribution in [2.24, 2.45) is 0 Å². The molecule has 0 heterocycles. The van der Waals surface area contributed by atoms with Crippen molar-refractivity contribution in [3.63, 3.8) is 0 Å². The van der Waals surface area contributed by atoms with E-state index in [4.69, 9.17) is 4.52 Å². The second kappa shape index (κ2) is 6.53. The van der Waals surface area contributed by atoms with Crippen LogP contribution in [0.5, 0.6) is 0 Å². The van der Waals surface area contributed by atoms with E-state index in [-0.39, 0.29) is 0 Å². The Hall–Kier alpha value is 0.0900. The average molecular weight is 201 g/mol. The number of nitrogens with one attached hydrogen (secondary N) is 1. The fourth-order valence-electron chi connectivity index (χ4n) is 1.69. The van der Waals surface area contributed by atoms with Gasteiger partial charge in [-0.2, -0.15) is 0 Å². The first kappa shape index (κ1) is 11.2. The van der Waals surface area contributed by atoms with Gasteiger partial charge in [-0.25, -0.2) is 0 Å². The highest BCUT2D eigenvalue weighted by atomic mass is 31.2. The molecule has 0 radical (unpaired) electrons. The lowest BCUT2D eigenvalue weighted by atomic mass is 9.96. The first-order chi connectivity index (χ1) is 6.36. The third kappa shape index (κ3) is 4.21. The van der Waals surface area contributed by atoms with Crippen molar-refractivity contribution in [1.29, 1.82) is 0 Å². The molecule has 1 atom stereocenters. The van der Waals surface area contributed by atoms with Crippen molar-refractivity contribution >= 4 is 8.30 Å². The Balaban J connectivity index is 2.22. The molecule has 0 bridgehead atoms. The molecule has 1 N–H and O–H groups in total. The molecule has 0 aromatic carbocycles. The monoisotopic (exact) mass is 201 g/mol. The lowest BCUT2D eigenvalue weighted by Crippen LogP contribution is -2.27. The van der Waals surface area contributed by atoms with E-state index in [0.29, 0.717) is 6.04 Å². The third-order valence-electron chi connectivity index (χ3n) is 2.35. The van der Waals surface area contributed by atoms with E-state index in [2.05, 4.69) is 11.7 Å². The third-order valence-corrected chi connectivity index (χ3v) is 3.84. The number of hydrogen-bond acceptors (Lipinski definition) is 2. The van der Waals surface area contributed by atoms with E-state index in [1.807, 2.05) is 12.7 Å². The summed E-state index contributed by atoms with van der Waals surface area (Å²) in [4.78, 5) is 0. The van der Waals surface area contributed by atoms with Gasteiger partial charge in [-0.1, -0.05) is 25.8 Å². The predicted octanol–water partition coefficient (Wildman–Crippen LogP) is 3.40. The van der Waals surface area contributed by atoms with E-state index in [1.54, 1.807) is 0 Å². The summed E-state index contributed by atoms with van der Waals surface area (Å²) in [5.41, 5.74) is 0. The van der Waals surface area contributed by atoms with Gasteiger partial charge in [0.1, 0.15) is 8.30 Å². The summed E-state index contributed by atoms with van der Waals surface area (Å²) in [7, 11) is -0.568. The largest absolute Gasteiger partial charge is 0.341 e. The first-order valence-corrected chi connectivity index (χ1v) is 6.50. The van der Waals surface area contributed by atoms with Crippen LogP contribution in [0, 0.1) is 0 Å². The molecule has 0 aromatic heterocycles. The van der Waals surface area contributed by atoms with E-state index in [0.717, 1.165) is 6.61 Å². The van der Waals surface area contributed by atoms with Crippen molar-refractivity contribution < 1.29 is 4.52 Å². The molecule has 1 rings (SSSR count). The Morgan fingerprint density at radius 2 is 2.15 bits per heavy atom. The van der Waals surface area contributed by atoms with Crippen molar-refractivity contribution in [3.05, 3.63) is 12.4 Å². The highest BCUT2D eigenvalue weighted by Gasteiger charge is 2.16. The van der Waals surface area contributed by atoms with Crippen LogP contribution in [0.1, 0.15) is 39.0 Å². The maximum absolute atomic E-state index is 5.53. The van der Waals surface area contributed by atoms with Crippen molar-refractivity contribution in [2.75, 3.05) is 6.61 Å². The summed E-state index contributed by atoms with van der Waals surface area (Å²) in [5.74, 6) is 1.91. The molecule has 0 spiro atoms. The maximum Gasteiger partial charge on any atom is 0.126 e. The molecule has 13 heavy (non-hydrogen) atoms. The summed E-state index contributed by atoms with van der Waals surface area (Å²) >= 11 is 0. The summed E-state index contributed by atoms with van der Waals surface area (Å²) in [6.07, 6.45) is 6.74. The highest BCUT2D eigenvalue weighted by Crippen LogP contribution is 2.35. The van der Waals surface area contributed by atoms with E-state index < -0.39 is 8.30 Å². The van der Waals surface area contributed by atoms with Gasteiger partial charge in [0.2, 0.25) is 0 Å². The molecular formula is C10H20NOP. The van der Waals surface area contributed by atoms with E-state index in [1.165, 1.54) is 32.1 Å². The van der Waals surface area contributed by atoms with Gasteiger partial charge in [0.05, 0.1) is 0 Å². The normalized spacial score (nSPS) is 21.3. The van der Waals surface area contributed by atoms with E-state index >= 15 is 0 Å². The zero-order valence-corrected chi connectivity index (χ0v) is 9.35. The predicted molar refractivity (Wildman–Crippen MR) is 58.8 cm³/mol. The Bertz CT molecular complexity index is 146. The van der Waals surface area contributed by atoms with E-state index in [9.17, 15) is 0 Å². The van der Waals surface area contributed by atoms with Gasteiger partial charge in [-0.05, 0) is 25.6 Å². The van der Waals surface area contributed by atoms with Gasteiger partial charge in [0.25, 0.3) is 0 Å². The fourth-order valence-corrected chi connectivity index (χ4v) is 2.88. The Morgan fingerprint density at radius 1 is 1.46 bits per heavy atom. The molecule has 0 aliphatic heterocycles. The summed E-state index contributed by atoms with van der Waals surface area (Å²) < 4.78 is 5.53. The van der Waals surface area contributed by atoms with Crippen LogP contribution in [0.3, 0.4) is 0 Å². The van der Waals surface area contributed by atoms with Crippen LogP contribution in [0.2, 0.25) is 0 Å². The minimum Gasteiger partial charge on any atom is -0.341 e. The van der Waals surface area contributed by atoms with Crippen molar-refractivity contribution in [3.8, 4) is 0 Å². The summed E-state index contributed by atoms with van der Waals surface area (Å²) in [6.45, 7) is 6.59. The molecule has 1 unspecified atom stereocenters. The Labute approximate surface area is 82.6 Å². The molecule has 3 heteroatoms. The molecule has 1 aliphatic carbocycles. The van der Waals surface area contributed by atoms with Crippen molar-refractivity contribution in [2.45, 2.75) is 45.1 Å². The second-order valence-electron chi connectivity index (χ2n) is 3.39. The molecule has 0 amide bonds. The quantitative estimate of drug-likeness (QED) is 0.688.